The second-order valence-corrected chi connectivity index (χ2v) is 6.55. The van der Waals surface area contributed by atoms with Gasteiger partial charge in [-0.05, 0) is 31.6 Å². The molecule has 1 atom stereocenters. The Morgan fingerprint density at radius 3 is 3.00 bits per heavy atom. The molecular weight excluding hydrogens is 258 g/mol. The molecule has 0 radical (unpaired) electrons. The molecule has 1 fully saturated rings. The van der Waals surface area contributed by atoms with Crippen LogP contribution in [0.3, 0.4) is 0 Å². The first kappa shape index (κ1) is 14.5. The molecule has 0 aliphatic carbocycles. The molecule has 4 nitrogen and oxygen atoms in total. The molecule has 0 aromatic carbocycles. The summed E-state index contributed by atoms with van der Waals surface area (Å²) in [5, 5.41) is 2.67. The van der Waals surface area contributed by atoms with Gasteiger partial charge in [-0.1, -0.05) is 13.8 Å². The number of carbonyl (C=O) groups excluding carboxylic acids is 1. The molecular formula is C14H23N3OS. The summed E-state index contributed by atoms with van der Waals surface area (Å²) in [6.45, 7) is 5.71. The fourth-order valence-corrected chi connectivity index (χ4v) is 3.36. The lowest BCUT2D eigenvalue weighted by molar-refractivity contribution is 0.0579. The van der Waals surface area contributed by atoms with Gasteiger partial charge in [0.2, 0.25) is 0 Å². The number of amides is 1. The number of aromatic nitrogens is 1. The van der Waals surface area contributed by atoms with E-state index in [4.69, 9.17) is 5.73 Å². The zero-order valence-corrected chi connectivity index (χ0v) is 12.6. The Morgan fingerprint density at radius 2 is 2.37 bits per heavy atom. The van der Waals surface area contributed by atoms with Crippen molar-refractivity contribution in [3.63, 3.8) is 0 Å². The highest BCUT2D eigenvalue weighted by atomic mass is 32.1. The van der Waals surface area contributed by atoms with E-state index >= 15 is 0 Å². The maximum absolute atomic E-state index is 12.6. The zero-order chi connectivity index (χ0) is 13.8. The van der Waals surface area contributed by atoms with Crippen LogP contribution in [0.1, 0.15) is 55.0 Å². The molecule has 0 bridgehead atoms. The number of carbonyl (C=O) groups is 1. The SMILES string of the molecule is CC(C)CC1CCCCN1C(=O)c1csc(CN)n1. The molecule has 1 aromatic heterocycles. The number of piperidine rings is 1. The number of nitrogens with two attached hydrogens (primary N) is 1. The van der Waals surface area contributed by atoms with Crippen LogP contribution in [0.4, 0.5) is 0 Å². The average molecular weight is 281 g/mol. The van der Waals surface area contributed by atoms with Gasteiger partial charge in [-0.25, -0.2) is 4.98 Å². The third kappa shape index (κ3) is 3.54. The Labute approximate surface area is 119 Å². The standard InChI is InChI=1S/C14H23N3OS/c1-10(2)7-11-5-3-4-6-17(11)14(18)12-9-19-13(8-15)16-12/h9-11H,3-8,15H2,1-2H3. The molecule has 2 rings (SSSR count). The van der Waals surface area contributed by atoms with E-state index < -0.39 is 0 Å². The van der Waals surface area contributed by atoms with E-state index in [1.165, 1.54) is 17.8 Å². The molecule has 1 saturated heterocycles. The van der Waals surface area contributed by atoms with Gasteiger partial charge in [-0.2, -0.15) is 0 Å². The molecule has 5 heteroatoms. The van der Waals surface area contributed by atoms with Crippen molar-refractivity contribution in [2.24, 2.45) is 11.7 Å². The molecule has 19 heavy (non-hydrogen) atoms. The molecule has 1 aliphatic rings. The molecule has 0 saturated carbocycles. The minimum Gasteiger partial charge on any atom is -0.334 e. The first-order valence-corrected chi connectivity index (χ1v) is 7.95. The van der Waals surface area contributed by atoms with Crippen LogP contribution < -0.4 is 5.73 Å². The third-order valence-electron chi connectivity index (χ3n) is 3.58. The van der Waals surface area contributed by atoms with E-state index in [0.717, 1.165) is 30.8 Å². The minimum atomic E-state index is 0.0845. The van der Waals surface area contributed by atoms with E-state index in [-0.39, 0.29) is 5.91 Å². The first-order chi connectivity index (χ1) is 9.11. The normalized spacial score (nSPS) is 20.0. The van der Waals surface area contributed by atoms with Crippen LogP contribution in [0, 0.1) is 5.92 Å². The predicted molar refractivity (Wildman–Crippen MR) is 78.1 cm³/mol. The molecule has 0 spiro atoms. The van der Waals surface area contributed by atoms with Crippen molar-refractivity contribution in [3.05, 3.63) is 16.1 Å². The maximum atomic E-state index is 12.6. The molecule has 2 heterocycles. The van der Waals surface area contributed by atoms with Gasteiger partial charge in [0.25, 0.3) is 5.91 Å². The zero-order valence-electron chi connectivity index (χ0n) is 11.8. The molecule has 1 aromatic rings. The van der Waals surface area contributed by atoms with Gasteiger partial charge in [0.15, 0.2) is 0 Å². The van der Waals surface area contributed by atoms with Gasteiger partial charge in [-0.15, -0.1) is 11.3 Å². The summed E-state index contributed by atoms with van der Waals surface area (Å²) in [5.74, 6) is 0.703. The smallest absolute Gasteiger partial charge is 0.273 e. The number of hydrogen-bond donors (Lipinski definition) is 1. The van der Waals surface area contributed by atoms with Crippen LogP contribution in [0.15, 0.2) is 5.38 Å². The van der Waals surface area contributed by atoms with Gasteiger partial charge in [-0.3, -0.25) is 4.79 Å². The van der Waals surface area contributed by atoms with Gasteiger partial charge in [0.1, 0.15) is 10.7 Å². The van der Waals surface area contributed by atoms with Crippen molar-refractivity contribution >= 4 is 17.2 Å². The fourth-order valence-electron chi connectivity index (χ4n) is 2.71. The predicted octanol–water partition coefficient (Wildman–Crippen LogP) is 2.64. The second-order valence-electron chi connectivity index (χ2n) is 5.61. The quantitative estimate of drug-likeness (QED) is 0.923. The summed E-state index contributed by atoms with van der Waals surface area (Å²) in [7, 11) is 0. The Balaban J connectivity index is 2.10. The van der Waals surface area contributed by atoms with Crippen molar-refractivity contribution in [1.29, 1.82) is 0 Å². The van der Waals surface area contributed by atoms with Gasteiger partial charge in [0.05, 0.1) is 0 Å². The molecule has 1 aliphatic heterocycles. The van der Waals surface area contributed by atoms with Crippen molar-refractivity contribution in [2.45, 2.75) is 52.1 Å². The minimum absolute atomic E-state index is 0.0845. The lowest BCUT2D eigenvalue weighted by Gasteiger charge is -2.36. The summed E-state index contributed by atoms with van der Waals surface area (Å²) in [4.78, 5) is 18.9. The van der Waals surface area contributed by atoms with Gasteiger partial charge in [0, 0.05) is 24.5 Å². The van der Waals surface area contributed by atoms with Crippen LogP contribution in [0.25, 0.3) is 0 Å². The Bertz CT molecular complexity index is 430. The van der Waals surface area contributed by atoms with E-state index in [2.05, 4.69) is 18.8 Å². The molecule has 1 unspecified atom stereocenters. The van der Waals surface area contributed by atoms with Crippen LogP contribution >= 0.6 is 11.3 Å². The van der Waals surface area contributed by atoms with E-state index in [1.807, 2.05) is 10.3 Å². The fraction of sp³-hybridized carbons (Fsp3) is 0.714. The summed E-state index contributed by atoms with van der Waals surface area (Å²) in [6, 6.07) is 0.379. The van der Waals surface area contributed by atoms with E-state index in [1.54, 1.807) is 0 Å². The van der Waals surface area contributed by atoms with E-state index in [9.17, 15) is 4.79 Å². The molecule has 106 valence electrons. The Hall–Kier alpha value is -0.940. The highest BCUT2D eigenvalue weighted by Gasteiger charge is 2.29. The van der Waals surface area contributed by atoms with Crippen molar-refractivity contribution < 1.29 is 4.79 Å². The summed E-state index contributed by atoms with van der Waals surface area (Å²) in [5.41, 5.74) is 6.13. The number of nitrogens with zero attached hydrogens (tertiary/aromatic N) is 2. The number of thiazole rings is 1. The third-order valence-corrected chi connectivity index (χ3v) is 4.45. The first-order valence-electron chi connectivity index (χ1n) is 7.07. The Morgan fingerprint density at radius 1 is 1.58 bits per heavy atom. The number of likely N-dealkylation sites (tertiary alicyclic amines) is 1. The van der Waals surface area contributed by atoms with Gasteiger partial charge < -0.3 is 10.6 Å². The number of rotatable bonds is 4. The monoisotopic (exact) mass is 281 g/mol. The summed E-state index contributed by atoms with van der Waals surface area (Å²) >= 11 is 1.47. The summed E-state index contributed by atoms with van der Waals surface area (Å²) < 4.78 is 0. The largest absolute Gasteiger partial charge is 0.334 e. The van der Waals surface area contributed by atoms with Crippen LogP contribution in [0.2, 0.25) is 0 Å². The topological polar surface area (TPSA) is 59.2 Å². The highest BCUT2D eigenvalue weighted by Crippen LogP contribution is 2.25. The van der Waals surface area contributed by atoms with Crippen molar-refractivity contribution in [3.8, 4) is 0 Å². The van der Waals surface area contributed by atoms with Crippen LogP contribution in [0.5, 0.6) is 0 Å². The molecule has 2 N–H and O–H groups in total. The van der Waals surface area contributed by atoms with Crippen LogP contribution in [-0.2, 0) is 6.54 Å². The molecule has 1 amide bonds. The highest BCUT2D eigenvalue weighted by molar-refractivity contribution is 7.09. The summed E-state index contributed by atoms with van der Waals surface area (Å²) in [6.07, 6.45) is 4.54. The van der Waals surface area contributed by atoms with E-state index in [0.29, 0.717) is 24.2 Å². The van der Waals surface area contributed by atoms with Gasteiger partial charge >= 0.3 is 0 Å². The second kappa shape index (κ2) is 6.48. The lowest BCUT2D eigenvalue weighted by Crippen LogP contribution is -2.44. The van der Waals surface area contributed by atoms with Crippen molar-refractivity contribution in [1.82, 2.24) is 9.88 Å². The van der Waals surface area contributed by atoms with Crippen LogP contribution in [-0.4, -0.2) is 28.4 Å². The maximum Gasteiger partial charge on any atom is 0.273 e. The lowest BCUT2D eigenvalue weighted by atomic mass is 9.94. The van der Waals surface area contributed by atoms with Crippen molar-refractivity contribution in [2.75, 3.05) is 6.54 Å². The Kier molecular flexibility index (Phi) is 4.93. The average Bonchev–Trinajstić information content (AvgIpc) is 2.86. The number of hydrogen-bond acceptors (Lipinski definition) is 4.